The van der Waals surface area contributed by atoms with Crippen LogP contribution in [0, 0.1) is 5.41 Å². The second-order valence-corrected chi connectivity index (χ2v) is 11.5. The Morgan fingerprint density at radius 2 is 1.80 bits per heavy atom. The van der Waals surface area contributed by atoms with Crippen LogP contribution in [0.2, 0.25) is 5.02 Å². The summed E-state index contributed by atoms with van der Waals surface area (Å²) in [5, 5.41) is 6.24. The second kappa shape index (κ2) is 13.2. The van der Waals surface area contributed by atoms with Crippen LogP contribution in [0.4, 0.5) is 5.69 Å². The number of halogens is 1. The number of hydrogen-bond donors (Lipinski definition) is 2. The maximum absolute atomic E-state index is 13.6. The fourth-order valence-corrected chi connectivity index (χ4v) is 5.03. The van der Waals surface area contributed by atoms with Gasteiger partial charge in [0.1, 0.15) is 11.4 Å². The lowest BCUT2D eigenvalue weighted by atomic mass is 9.88. The van der Waals surface area contributed by atoms with Gasteiger partial charge in [-0.3, -0.25) is 19.1 Å². The maximum atomic E-state index is 13.6. The molecule has 0 saturated carbocycles. The van der Waals surface area contributed by atoms with Crippen molar-refractivity contribution in [2.24, 2.45) is 12.5 Å². The molecule has 1 atom stereocenters. The van der Waals surface area contributed by atoms with Crippen LogP contribution in [-0.2, 0) is 11.8 Å². The van der Waals surface area contributed by atoms with Gasteiger partial charge in [0.05, 0.1) is 23.6 Å². The van der Waals surface area contributed by atoms with Gasteiger partial charge in [-0.1, -0.05) is 50.6 Å². The van der Waals surface area contributed by atoms with E-state index >= 15 is 0 Å². The highest BCUT2D eigenvalue weighted by Gasteiger charge is 2.28. The predicted octanol–water partition coefficient (Wildman–Crippen LogP) is 4.68. The van der Waals surface area contributed by atoms with E-state index in [0.717, 1.165) is 5.69 Å². The van der Waals surface area contributed by atoms with E-state index in [9.17, 15) is 14.4 Å². The molecule has 2 N–H and O–H groups in total. The summed E-state index contributed by atoms with van der Waals surface area (Å²) in [7, 11) is 5.77. The van der Waals surface area contributed by atoms with Crippen LogP contribution in [-0.4, -0.2) is 59.9 Å². The third-order valence-electron chi connectivity index (χ3n) is 6.53. The number of nitrogens with zero attached hydrogens (tertiary/aromatic N) is 3. The molecule has 0 bridgehead atoms. The Balaban J connectivity index is 1.80. The summed E-state index contributed by atoms with van der Waals surface area (Å²) < 4.78 is 8.95. The van der Waals surface area contributed by atoms with Crippen LogP contribution in [0.25, 0.3) is 5.69 Å². The number of ether oxygens (including phenoxy) is 1. The topological polar surface area (TPSA) is 97.6 Å². The number of carbonyl (C=O) groups is 2. The van der Waals surface area contributed by atoms with Crippen molar-refractivity contribution in [3.63, 3.8) is 0 Å². The normalized spacial score (nSPS) is 12.3. The molecule has 3 rings (SSSR count). The van der Waals surface area contributed by atoms with Gasteiger partial charge >= 0.3 is 0 Å². The summed E-state index contributed by atoms with van der Waals surface area (Å²) in [6.45, 7) is 8.98. The average Bonchev–Trinajstić information content (AvgIpc) is 3.12. The molecule has 1 heterocycles. The Labute approximate surface area is 241 Å². The number of anilines is 1. The van der Waals surface area contributed by atoms with E-state index < -0.39 is 5.41 Å². The van der Waals surface area contributed by atoms with Gasteiger partial charge in [0.15, 0.2) is 0 Å². The molecule has 0 aliphatic heterocycles. The molecule has 0 fully saturated rings. The summed E-state index contributed by atoms with van der Waals surface area (Å²) >= 11 is 6.10. The van der Waals surface area contributed by atoms with Crippen LogP contribution in [0.1, 0.15) is 56.1 Å². The van der Waals surface area contributed by atoms with Crippen LogP contribution < -0.4 is 20.9 Å². The van der Waals surface area contributed by atoms with E-state index in [1.807, 2.05) is 88.8 Å². The molecular weight excluding hydrogens is 530 g/mol. The van der Waals surface area contributed by atoms with Crippen molar-refractivity contribution in [2.75, 3.05) is 39.1 Å². The molecule has 216 valence electrons. The van der Waals surface area contributed by atoms with Crippen molar-refractivity contribution in [3.05, 3.63) is 75.2 Å². The van der Waals surface area contributed by atoms with Crippen molar-refractivity contribution in [2.45, 2.75) is 40.0 Å². The third kappa shape index (κ3) is 7.55. The molecule has 0 radical (unpaired) electrons. The molecule has 0 spiro atoms. The van der Waals surface area contributed by atoms with E-state index in [0.29, 0.717) is 35.2 Å². The van der Waals surface area contributed by atoms with Gasteiger partial charge in [-0.15, -0.1) is 0 Å². The van der Waals surface area contributed by atoms with E-state index in [4.69, 9.17) is 16.3 Å². The lowest BCUT2D eigenvalue weighted by Crippen LogP contribution is -2.37. The highest BCUT2D eigenvalue weighted by molar-refractivity contribution is 6.31. The van der Waals surface area contributed by atoms with E-state index in [2.05, 4.69) is 10.6 Å². The van der Waals surface area contributed by atoms with Crippen LogP contribution in [0.15, 0.2) is 53.3 Å². The largest absolute Gasteiger partial charge is 0.493 e. The summed E-state index contributed by atoms with van der Waals surface area (Å²) in [5.41, 5.74) is 1.16. The fourth-order valence-electron chi connectivity index (χ4n) is 4.85. The molecule has 0 unspecified atom stereocenters. The average molecular weight is 570 g/mol. The lowest BCUT2D eigenvalue weighted by Gasteiger charge is -2.25. The van der Waals surface area contributed by atoms with Gasteiger partial charge in [0.25, 0.3) is 11.5 Å². The monoisotopic (exact) mass is 569 g/mol. The van der Waals surface area contributed by atoms with Crippen LogP contribution >= 0.6 is 11.6 Å². The molecule has 1 aromatic heterocycles. The predicted molar refractivity (Wildman–Crippen MR) is 160 cm³/mol. The van der Waals surface area contributed by atoms with Crippen molar-refractivity contribution in [3.8, 4) is 11.4 Å². The number of benzene rings is 2. The van der Waals surface area contributed by atoms with E-state index in [1.54, 1.807) is 22.9 Å². The molecular formula is C30H40ClN5O4. The number of carbonyl (C=O) groups excluding carboxylic acids is 2. The first kappa shape index (κ1) is 31.0. The Bertz CT molecular complexity index is 1400. The summed E-state index contributed by atoms with van der Waals surface area (Å²) in [4.78, 5) is 41.9. The maximum Gasteiger partial charge on any atom is 0.295 e. The lowest BCUT2D eigenvalue weighted by molar-refractivity contribution is -0.118. The Hall–Kier alpha value is -3.56. The Morgan fingerprint density at radius 1 is 1.12 bits per heavy atom. The molecule has 0 aliphatic rings. The first-order valence-corrected chi connectivity index (χ1v) is 13.7. The smallest absolute Gasteiger partial charge is 0.295 e. The van der Waals surface area contributed by atoms with Gasteiger partial charge in [0, 0.05) is 37.5 Å². The minimum absolute atomic E-state index is 0.0301. The summed E-state index contributed by atoms with van der Waals surface area (Å²) in [5.74, 6) is -0.234. The quantitative estimate of drug-likeness (QED) is 0.330. The standard InChI is InChI=1S/C30H40ClN5O4/c1-8-40-24-15-14-21(31)16-23(24)28(38)32-19-30(3,4)17-25(37)33-26-27(20(2)18-34(5)6)35(7)36(29(26)39)22-12-10-9-11-13-22/h9-16,20H,8,17-19H2,1-7H3,(H,32,38)(H,33,37)/t20-/m1/s1. The Kier molecular flexibility index (Phi) is 10.2. The summed E-state index contributed by atoms with van der Waals surface area (Å²) in [6.07, 6.45) is 0.0856. The van der Waals surface area contributed by atoms with Gasteiger partial charge in [-0.05, 0) is 56.8 Å². The molecule has 0 saturated heterocycles. The SMILES string of the molecule is CCOc1ccc(Cl)cc1C(=O)NCC(C)(C)CC(=O)Nc1c([C@H](C)CN(C)C)n(C)n(-c2ccccc2)c1=O. The van der Waals surface area contributed by atoms with Crippen LogP contribution in [0.5, 0.6) is 5.75 Å². The molecule has 2 aromatic carbocycles. The van der Waals surface area contributed by atoms with Crippen molar-refractivity contribution in [1.82, 2.24) is 19.6 Å². The van der Waals surface area contributed by atoms with Gasteiger partial charge < -0.3 is 20.3 Å². The number of para-hydroxylation sites is 1. The van der Waals surface area contributed by atoms with Gasteiger partial charge in [-0.2, -0.15) is 0 Å². The van der Waals surface area contributed by atoms with E-state index in [-0.39, 0.29) is 41.9 Å². The second-order valence-electron chi connectivity index (χ2n) is 11.0. The molecule has 3 aromatic rings. The highest BCUT2D eigenvalue weighted by atomic mass is 35.5. The minimum atomic E-state index is -0.604. The fraction of sp³-hybridized carbons (Fsp3) is 0.433. The number of likely N-dealkylation sites (N-methyl/N-ethyl adjacent to an activating group) is 1. The third-order valence-corrected chi connectivity index (χ3v) is 6.77. The van der Waals surface area contributed by atoms with Crippen molar-refractivity contribution < 1.29 is 14.3 Å². The van der Waals surface area contributed by atoms with Gasteiger partial charge in [-0.25, -0.2) is 4.68 Å². The van der Waals surface area contributed by atoms with Crippen LogP contribution in [0.3, 0.4) is 0 Å². The number of amides is 2. The molecule has 40 heavy (non-hydrogen) atoms. The van der Waals surface area contributed by atoms with Gasteiger partial charge in [0.2, 0.25) is 5.91 Å². The zero-order valence-electron chi connectivity index (χ0n) is 24.4. The Morgan fingerprint density at radius 3 is 2.42 bits per heavy atom. The zero-order chi connectivity index (χ0) is 29.6. The molecule has 0 aliphatic carbocycles. The minimum Gasteiger partial charge on any atom is -0.493 e. The van der Waals surface area contributed by atoms with Crippen molar-refractivity contribution >= 4 is 29.1 Å². The van der Waals surface area contributed by atoms with Crippen molar-refractivity contribution in [1.29, 1.82) is 0 Å². The molecule has 10 heteroatoms. The first-order valence-electron chi connectivity index (χ1n) is 13.4. The van der Waals surface area contributed by atoms with E-state index in [1.165, 1.54) is 0 Å². The first-order chi connectivity index (χ1) is 18.8. The number of aromatic nitrogens is 2. The number of nitrogens with one attached hydrogen (secondary N) is 2. The number of rotatable bonds is 12. The zero-order valence-corrected chi connectivity index (χ0v) is 25.1. The summed E-state index contributed by atoms with van der Waals surface area (Å²) in [6, 6.07) is 14.2. The highest BCUT2D eigenvalue weighted by Crippen LogP contribution is 2.27. The number of hydrogen-bond acceptors (Lipinski definition) is 5. The molecule has 9 nitrogen and oxygen atoms in total. The molecule has 2 amide bonds.